The van der Waals surface area contributed by atoms with Gasteiger partial charge < -0.3 is 4.74 Å². The Labute approximate surface area is 165 Å². The minimum absolute atomic E-state index is 0.249. The standard InChI is InChI=1S/C24H24FNO2/c1-28-24(27)23(16-21-14-8-9-15-22(21)25)26(17-19-10-4-2-5-11-19)18-20-12-6-3-7-13-20/h2-15,23H,16-18H2,1H3/t23-/m0/s1. The maximum absolute atomic E-state index is 14.3. The summed E-state index contributed by atoms with van der Waals surface area (Å²) in [7, 11) is 1.37. The van der Waals surface area contributed by atoms with Crippen LogP contribution in [0.15, 0.2) is 84.9 Å². The van der Waals surface area contributed by atoms with Crippen molar-refractivity contribution >= 4 is 5.97 Å². The Morgan fingerprint density at radius 2 is 1.36 bits per heavy atom. The molecule has 1 atom stereocenters. The van der Waals surface area contributed by atoms with Gasteiger partial charge in [-0.25, -0.2) is 4.39 Å². The summed E-state index contributed by atoms with van der Waals surface area (Å²) in [6.07, 6.45) is 0.249. The Hall–Kier alpha value is -2.98. The van der Waals surface area contributed by atoms with E-state index in [-0.39, 0.29) is 18.2 Å². The zero-order valence-electron chi connectivity index (χ0n) is 15.9. The van der Waals surface area contributed by atoms with E-state index in [1.807, 2.05) is 65.6 Å². The fraction of sp³-hybridized carbons (Fsp3) is 0.208. The number of ether oxygens (including phenoxy) is 1. The second kappa shape index (κ2) is 9.81. The van der Waals surface area contributed by atoms with Crippen LogP contribution >= 0.6 is 0 Å². The number of carbonyl (C=O) groups is 1. The normalized spacial score (nSPS) is 12.0. The summed E-state index contributed by atoms with van der Waals surface area (Å²) >= 11 is 0. The Morgan fingerprint density at radius 1 is 0.857 bits per heavy atom. The molecular formula is C24H24FNO2. The number of carbonyl (C=O) groups excluding carboxylic acids is 1. The third kappa shape index (κ3) is 5.27. The van der Waals surface area contributed by atoms with Gasteiger partial charge in [0.15, 0.2) is 0 Å². The van der Waals surface area contributed by atoms with Crippen molar-refractivity contribution in [3.63, 3.8) is 0 Å². The van der Waals surface area contributed by atoms with E-state index in [0.717, 1.165) is 11.1 Å². The molecule has 3 aromatic carbocycles. The molecule has 0 N–H and O–H groups in total. The lowest BCUT2D eigenvalue weighted by Crippen LogP contribution is -2.42. The van der Waals surface area contributed by atoms with Crippen LogP contribution in [0.25, 0.3) is 0 Å². The summed E-state index contributed by atoms with van der Waals surface area (Å²) in [4.78, 5) is 14.7. The Balaban J connectivity index is 1.92. The zero-order valence-corrected chi connectivity index (χ0v) is 15.9. The van der Waals surface area contributed by atoms with Gasteiger partial charge in [-0.05, 0) is 22.8 Å². The van der Waals surface area contributed by atoms with E-state index >= 15 is 0 Å². The molecule has 4 heteroatoms. The van der Waals surface area contributed by atoms with E-state index in [1.54, 1.807) is 18.2 Å². The van der Waals surface area contributed by atoms with Gasteiger partial charge >= 0.3 is 5.97 Å². The molecule has 0 aromatic heterocycles. The lowest BCUT2D eigenvalue weighted by Gasteiger charge is -2.30. The summed E-state index contributed by atoms with van der Waals surface area (Å²) < 4.78 is 19.3. The Kier molecular flexibility index (Phi) is 6.93. The van der Waals surface area contributed by atoms with Crippen LogP contribution in [-0.4, -0.2) is 24.0 Å². The van der Waals surface area contributed by atoms with Crippen molar-refractivity contribution in [2.75, 3.05) is 7.11 Å². The van der Waals surface area contributed by atoms with E-state index in [2.05, 4.69) is 0 Å². The molecule has 3 nitrogen and oxygen atoms in total. The molecule has 0 unspecified atom stereocenters. The van der Waals surface area contributed by atoms with Crippen molar-refractivity contribution in [2.24, 2.45) is 0 Å². The van der Waals surface area contributed by atoms with Crippen LogP contribution in [0, 0.1) is 5.82 Å². The molecule has 0 radical (unpaired) electrons. The van der Waals surface area contributed by atoms with Gasteiger partial charge in [0, 0.05) is 19.5 Å². The van der Waals surface area contributed by atoms with Crippen molar-refractivity contribution in [3.05, 3.63) is 107 Å². The molecule has 0 bridgehead atoms. The first-order chi connectivity index (χ1) is 13.7. The number of rotatable bonds is 8. The van der Waals surface area contributed by atoms with Gasteiger partial charge in [0.1, 0.15) is 11.9 Å². The van der Waals surface area contributed by atoms with Crippen LogP contribution in [-0.2, 0) is 29.0 Å². The van der Waals surface area contributed by atoms with Crippen molar-refractivity contribution in [3.8, 4) is 0 Å². The van der Waals surface area contributed by atoms with Gasteiger partial charge in [0.2, 0.25) is 0 Å². The number of hydrogen-bond donors (Lipinski definition) is 0. The van der Waals surface area contributed by atoms with Crippen molar-refractivity contribution in [2.45, 2.75) is 25.6 Å². The number of methoxy groups -OCH3 is 1. The number of nitrogens with zero attached hydrogens (tertiary/aromatic N) is 1. The third-order valence-electron chi connectivity index (χ3n) is 4.74. The topological polar surface area (TPSA) is 29.5 Å². The monoisotopic (exact) mass is 377 g/mol. The van der Waals surface area contributed by atoms with Crippen molar-refractivity contribution in [1.29, 1.82) is 0 Å². The molecule has 28 heavy (non-hydrogen) atoms. The molecule has 0 aliphatic heterocycles. The number of esters is 1. The quantitative estimate of drug-likeness (QED) is 0.537. The molecule has 0 spiro atoms. The fourth-order valence-electron chi connectivity index (χ4n) is 3.28. The number of benzene rings is 3. The highest BCUT2D eigenvalue weighted by Crippen LogP contribution is 2.19. The van der Waals surface area contributed by atoms with E-state index in [0.29, 0.717) is 18.7 Å². The summed E-state index contributed by atoms with van der Waals surface area (Å²) in [5.41, 5.74) is 2.67. The van der Waals surface area contributed by atoms with Gasteiger partial charge in [-0.3, -0.25) is 9.69 Å². The fourth-order valence-corrected chi connectivity index (χ4v) is 3.28. The number of halogens is 1. The highest BCUT2D eigenvalue weighted by molar-refractivity contribution is 5.76. The first-order valence-electron chi connectivity index (χ1n) is 9.30. The highest BCUT2D eigenvalue weighted by atomic mass is 19.1. The van der Waals surface area contributed by atoms with E-state index in [1.165, 1.54) is 13.2 Å². The highest BCUT2D eigenvalue weighted by Gasteiger charge is 2.28. The molecule has 3 rings (SSSR count). The summed E-state index contributed by atoms with van der Waals surface area (Å²) in [6, 6.07) is 25.9. The SMILES string of the molecule is COC(=O)[C@H](Cc1ccccc1F)N(Cc1ccccc1)Cc1ccccc1. The lowest BCUT2D eigenvalue weighted by molar-refractivity contribution is -0.147. The third-order valence-corrected chi connectivity index (χ3v) is 4.74. The first kappa shape index (κ1) is 19.8. The van der Waals surface area contributed by atoms with Gasteiger partial charge in [-0.2, -0.15) is 0 Å². The van der Waals surface area contributed by atoms with Crippen LogP contribution < -0.4 is 0 Å². The van der Waals surface area contributed by atoms with Crippen LogP contribution in [0.2, 0.25) is 0 Å². The predicted octanol–water partition coefficient (Wildman–Crippen LogP) is 4.61. The second-order valence-corrected chi connectivity index (χ2v) is 6.71. The van der Waals surface area contributed by atoms with Crippen LogP contribution in [0.5, 0.6) is 0 Å². The largest absolute Gasteiger partial charge is 0.468 e. The van der Waals surface area contributed by atoms with Gasteiger partial charge in [-0.15, -0.1) is 0 Å². The summed E-state index contributed by atoms with van der Waals surface area (Å²) in [5, 5.41) is 0. The Morgan fingerprint density at radius 3 is 1.86 bits per heavy atom. The molecule has 144 valence electrons. The number of hydrogen-bond acceptors (Lipinski definition) is 3. The van der Waals surface area contributed by atoms with Crippen LogP contribution in [0.3, 0.4) is 0 Å². The molecule has 0 amide bonds. The van der Waals surface area contributed by atoms with E-state index in [9.17, 15) is 9.18 Å². The average Bonchev–Trinajstić information content (AvgIpc) is 2.74. The molecule has 0 aliphatic carbocycles. The van der Waals surface area contributed by atoms with Gasteiger partial charge in [-0.1, -0.05) is 78.9 Å². The predicted molar refractivity (Wildman–Crippen MR) is 108 cm³/mol. The molecule has 0 fully saturated rings. The molecule has 0 heterocycles. The Bertz CT molecular complexity index is 842. The molecule has 0 saturated heterocycles. The summed E-state index contributed by atoms with van der Waals surface area (Å²) in [6.45, 7) is 1.12. The van der Waals surface area contributed by atoms with Crippen LogP contribution in [0.4, 0.5) is 4.39 Å². The van der Waals surface area contributed by atoms with E-state index < -0.39 is 6.04 Å². The maximum atomic E-state index is 14.3. The van der Waals surface area contributed by atoms with Gasteiger partial charge in [0.05, 0.1) is 7.11 Å². The minimum Gasteiger partial charge on any atom is -0.468 e. The summed E-state index contributed by atoms with van der Waals surface area (Å²) in [5.74, 6) is -0.675. The van der Waals surface area contributed by atoms with Crippen molar-refractivity contribution < 1.29 is 13.9 Å². The smallest absolute Gasteiger partial charge is 0.323 e. The first-order valence-corrected chi connectivity index (χ1v) is 9.30. The van der Waals surface area contributed by atoms with E-state index in [4.69, 9.17) is 4.74 Å². The molecule has 3 aromatic rings. The minimum atomic E-state index is -0.595. The van der Waals surface area contributed by atoms with Crippen molar-refractivity contribution in [1.82, 2.24) is 4.90 Å². The zero-order chi connectivity index (χ0) is 19.8. The van der Waals surface area contributed by atoms with Crippen LogP contribution in [0.1, 0.15) is 16.7 Å². The maximum Gasteiger partial charge on any atom is 0.323 e. The molecule has 0 aliphatic rings. The lowest BCUT2D eigenvalue weighted by atomic mass is 10.0. The molecular weight excluding hydrogens is 353 g/mol. The van der Waals surface area contributed by atoms with Gasteiger partial charge in [0.25, 0.3) is 0 Å². The molecule has 0 saturated carbocycles. The average molecular weight is 377 g/mol. The second-order valence-electron chi connectivity index (χ2n) is 6.71.